The van der Waals surface area contributed by atoms with Crippen LogP contribution in [0, 0.1) is 0 Å². The molecule has 1 saturated heterocycles. The number of nitrogens with one attached hydrogen (secondary N) is 2. The maximum Gasteiger partial charge on any atom is 0.275 e. The van der Waals surface area contributed by atoms with Gasteiger partial charge in [-0.3, -0.25) is 4.79 Å². The number of amides is 1. The summed E-state index contributed by atoms with van der Waals surface area (Å²) in [6, 6.07) is 6.51. The van der Waals surface area contributed by atoms with Crippen molar-refractivity contribution in [3.8, 4) is 0 Å². The fourth-order valence-electron chi connectivity index (χ4n) is 3.80. The van der Waals surface area contributed by atoms with Gasteiger partial charge in [0.2, 0.25) is 10.0 Å². The van der Waals surface area contributed by atoms with E-state index < -0.39 is 10.0 Å². The van der Waals surface area contributed by atoms with Crippen molar-refractivity contribution >= 4 is 27.5 Å². The summed E-state index contributed by atoms with van der Waals surface area (Å²) in [4.78, 5) is 13.5. The van der Waals surface area contributed by atoms with Gasteiger partial charge in [-0.25, -0.2) is 8.42 Å². The number of rotatable bonds is 7. The first-order valence-corrected chi connectivity index (χ1v) is 11.8. The predicted octanol–water partition coefficient (Wildman–Crippen LogP) is 1.24. The van der Waals surface area contributed by atoms with E-state index in [0.717, 1.165) is 24.2 Å². The Balaban J connectivity index is 1.43. The average molecular weight is 427 g/mol. The summed E-state index contributed by atoms with van der Waals surface area (Å²) in [6.45, 7) is 3.08. The third-order valence-electron chi connectivity index (χ3n) is 5.45. The van der Waals surface area contributed by atoms with Crippen LogP contribution in [0.4, 0.5) is 0 Å². The standard InChI is InChI=1S/C20H28ClN3O3S/c21-18-8-4-5-9-19(18)28(26,27)24-14-12-23(13-15-24)16-20(25)22-11-10-17-6-2-1-3-7-17/h4-6,8-9H,1-3,7,10-16H2,(H,22,25)/p+1. The van der Waals surface area contributed by atoms with Crippen molar-refractivity contribution in [2.75, 3.05) is 39.3 Å². The van der Waals surface area contributed by atoms with Gasteiger partial charge in [-0.2, -0.15) is 4.31 Å². The zero-order valence-corrected chi connectivity index (χ0v) is 17.7. The lowest BCUT2D eigenvalue weighted by Gasteiger charge is -2.31. The molecule has 0 saturated carbocycles. The smallest absolute Gasteiger partial charge is 0.275 e. The number of allylic oxidation sites excluding steroid dienone is 1. The van der Waals surface area contributed by atoms with Gasteiger partial charge in [0, 0.05) is 6.54 Å². The van der Waals surface area contributed by atoms with Gasteiger partial charge in [0.05, 0.1) is 31.2 Å². The molecule has 3 rings (SSSR count). The number of carbonyl (C=O) groups is 1. The highest BCUT2D eigenvalue weighted by Gasteiger charge is 2.32. The van der Waals surface area contributed by atoms with Gasteiger partial charge in [-0.15, -0.1) is 0 Å². The number of hydrogen-bond donors (Lipinski definition) is 2. The van der Waals surface area contributed by atoms with Crippen LogP contribution in [0.1, 0.15) is 32.1 Å². The maximum atomic E-state index is 12.8. The molecule has 8 heteroatoms. The summed E-state index contributed by atoms with van der Waals surface area (Å²) in [7, 11) is -3.59. The van der Waals surface area contributed by atoms with Crippen molar-refractivity contribution in [3.63, 3.8) is 0 Å². The normalized spacial score (nSPS) is 19.2. The quantitative estimate of drug-likeness (QED) is 0.644. The lowest BCUT2D eigenvalue weighted by Crippen LogP contribution is -3.15. The van der Waals surface area contributed by atoms with Gasteiger partial charge in [-0.05, 0) is 44.2 Å². The van der Waals surface area contributed by atoms with Gasteiger partial charge < -0.3 is 10.2 Å². The van der Waals surface area contributed by atoms with Crippen LogP contribution in [0.5, 0.6) is 0 Å². The summed E-state index contributed by atoms with van der Waals surface area (Å²) in [5.41, 5.74) is 1.46. The number of piperazine rings is 1. The maximum absolute atomic E-state index is 12.8. The number of nitrogens with zero attached hydrogens (tertiary/aromatic N) is 1. The van der Waals surface area contributed by atoms with Crippen molar-refractivity contribution in [1.29, 1.82) is 0 Å². The van der Waals surface area contributed by atoms with Crippen LogP contribution < -0.4 is 10.2 Å². The van der Waals surface area contributed by atoms with E-state index in [-0.39, 0.29) is 15.8 Å². The van der Waals surface area contributed by atoms with Crippen molar-refractivity contribution in [1.82, 2.24) is 9.62 Å². The van der Waals surface area contributed by atoms with Crippen LogP contribution in [-0.4, -0.2) is 57.9 Å². The summed E-state index contributed by atoms with van der Waals surface area (Å²) in [5.74, 6) is 0.0359. The van der Waals surface area contributed by atoms with Crippen molar-refractivity contribution < 1.29 is 18.1 Å². The van der Waals surface area contributed by atoms with Gasteiger partial charge in [-0.1, -0.05) is 35.4 Å². The molecule has 154 valence electrons. The molecule has 6 nitrogen and oxygen atoms in total. The topological polar surface area (TPSA) is 70.9 Å². The molecular formula is C20H29ClN3O3S+. The Bertz CT molecular complexity index is 818. The minimum absolute atomic E-state index is 0.0359. The van der Waals surface area contributed by atoms with Crippen LogP contribution in [0.2, 0.25) is 5.02 Å². The highest BCUT2D eigenvalue weighted by atomic mass is 35.5. The highest BCUT2D eigenvalue weighted by Crippen LogP contribution is 2.24. The lowest BCUT2D eigenvalue weighted by molar-refractivity contribution is -0.895. The summed E-state index contributed by atoms with van der Waals surface area (Å²) in [5, 5.41) is 3.24. The van der Waals surface area contributed by atoms with E-state index in [0.29, 0.717) is 39.3 Å². The third kappa shape index (κ3) is 5.56. The molecular weight excluding hydrogens is 398 g/mol. The largest absolute Gasteiger partial charge is 0.351 e. The van der Waals surface area contributed by atoms with Crippen molar-refractivity contribution in [3.05, 3.63) is 40.9 Å². The first-order valence-electron chi connectivity index (χ1n) is 9.99. The summed E-state index contributed by atoms with van der Waals surface area (Å²) in [6.07, 6.45) is 8.09. The Morgan fingerprint density at radius 1 is 1.18 bits per heavy atom. The second kappa shape index (κ2) is 9.87. The number of benzene rings is 1. The number of halogens is 1. The molecule has 1 aliphatic heterocycles. The van der Waals surface area contributed by atoms with Crippen LogP contribution >= 0.6 is 11.6 Å². The summed E-state index contributed by atoms with van der Waals surface area (Å²) >= 11 is 6.06. The molecule has 1 fully saturated rings. The molecule has 0 radical (unpaired) electrons. The Kier molecular flexibility index (Phi) is 7.51. The number of hydrogen-bond acceptors (Lipinski definition) is 3. The van der Waals surface area contributed by atoms with E-state index in [4.69, 9.17) is 11.6 Å². The fourth-order valence-corrected chi connectivity index (χ4v) is 5.73. The third-order valence-corrected chi connectivity index (χ3v) is 7.85. The van der Waals surface area contributed by atoms with Crippen LogP contribution in [-0.2, 0) is 14.8 Å². The number of quaternary nitrogens is 1. The minimum atomic E-state index is -3.59. The molecule has 0 atom stereocenters. The summed E-state index contributed by atoms with van der Waals surface area (Å²) < 4.78 is 27.0. The number of carbonyl (C=O) groups excluding carboxylic acids is 1. The Hall–Kier alpha value is -1.41. The molecule has 0 aromatic heterocycles. The molecule has 2 N–H and O–H groups in total. The van der Waals surface area contributed by atoms with Gasteiger partial charge in [0.1, 0.15) is 4.90 Å². The lowest BCUT2D eigenvalue weighted by atomic mass is 9.97. The molecule has 1 heterocycles. The molecule has 0 spiro atoms. The van der Waals surface area contributed by atoms with E-state index in [9.17, 15) is 13.2 Å². The Labute approximate surface area is 172 Å². The van der Waals surface area contributed by atoms with Crippen LogP contribution in [0.3, 0.4) is 0 Å². The van der Waals surface area contributed by atoms with Crippen molar-refractivity contribution in [2.45, 2.75) is 37.0 Å². The van der Waals surface area contributed by atoms with E-state index in [1.165, 1.54) is 28.8 Å². The second-order valence-electron chi connectivity index (χ2n) is 7.47. The molecule has 1 aromatic rings. The molecule has 28 heavy (non-hydrogen) atoms. The van der Waals surface area contributed by atoms with E-state index in [1.54, 1.807) is 18.2 Å². The minimum Gasteiger partial charge on any atom is -0.351 e. The zero-order chi connectivity index (χ0) is 20.0. The molecule has 0 bridgehead atoms. The van der Waals surface area contributed by atoms with Gasteiger partial charge >= 0.3 is 0 Å². The van der Waals surface area contributed by atoms with Crippen LogP contribution in [0.25, 0.3) is 0 Å². The SMILES string of the molecule is O=C(C[NH+]1CCN(S(=O)(=O)c2ccccc2Cl)CC1)NCCC1=CCCCC1. The average Bonchev–Trinajstić information content (AvgIpc) is 2.69. The first kappa shape index (κ1) is 21.3. The van der Waals surface area contributed by atoms with Crippen molar-refractivity contribution in [2.24, 2.45) is 0 Å². The second-order valence-corrected chi connectivity index (χ2v) is 9.78. The Morgan fingerprint density at radius 2 is 1.93 bits per heavy atom. The highest BCUT2D eigenvalue weighted by molar-refractivity contribution is 7.89. The molecule has 1 aliphatic carbocycles. The van der Waals surface area contributed by atoms with Crippen LogP contribution in [0.15, 0.2) is 40.8 Å². The molecule has 2 aliphatic rings. The first-order chi connectivity index (χ1) is 13.5. The molecule has 1 amide bonds. The van der Waals surface area contributed by atoms with Gasteiger partial charge in [0.15, 0.2) is 6.54 Å². The zero-order valence-electron chi connectivity index (χ0n) is 16.1. The van der Waals surface area contributed by atoms with E-state index in [2.05, 4.69) is 11.4 Å². The number of sulfonamides is 1. The monoisotopic (exact) mass is 426 g/mol. The molecule has 1 aromatic carbocycles. The molecule has 0 unspecified atom stereocenters. The Morgan fingerprint density at radius 3 is 2.61 bits per heavy atom. The van der Waals surface area contributed by atoms with E-state index in [1.807, 2.05) is 0 Å². The van der Waals surface area contributed by atoms with E-state index >= 15 is 0 Å². The van der Waals surface area contributed by atoms with Gasteiger partial charge in [0.25, 0.3) is 5.91 Å². The predicted molar refractivity (Wildman–Crippen MR) is 110 cm³/mol. The fraction of sp³-hybridized carbons (Fsp3) is 0.550.